The minimum absolute atomic E-state index is 0. The molecule has 172 valence electrons. The Balaban J connectivity index is 0.00000841. The summed E-state index contributed by atoms with van der Waals surface area (Å²) in [6.07, 6.45) is 4.31. The number of hydrogen-bond donors (Lipinski definition) is 3. The maximum Gasteiger partial charge on any atom is 0.251 e. The molecule has 1 aromatic carbocycles. The number of carbonyl (C=O) groups excluding carboxylic acids is 1. The standard InChI is InChI=1S/C22H38N4O3.HI/c1-4-6-12-24-21(27)20-10-8-19(9-11-20)18-26-22(23-3)25-13-15-29-17-16-28-14-7-5-2;/h8-11H,4-7,12-18H2,1-3H3,(H,24,27)(H2,23,25,26);1H. The van der Waals surface area contributed by atoms with Crippen molar-refractivity contribution >= 4 is 35.8 Å². The highest BCUT2D eigenvalue weighted by molar-refractivity contribution is 14.0. The monoisotopic (exact) mass is 534 g/mol. The molecule has 0 saturated carbocycles. The number of carbonyl (C=O) groups is 1. The molecular formula is C22H39IN4O3. The lowest BCUT2D eigenvalue weighted by molar-refractivity contribution is 0.0487. The second-order valence-corrected chi connectivity index (χ2v) is 6.74. The molecule has 0 atom stereocenters. The number of nitrogens with one attached hydrogen (secondary N) is 3. The van der Waals surface area contributed by atoms with Gasteiger partial charge in [-0.1, -0.05) is 38.8 Å². The van der Waals surface area contributed by atoms with Gasteiger partial charge in [0.15, 0.2) is 5.96 Å². The van der Waals surface area contributed by atoms with Gasteiger partial charge in [-0.25, -0.2) is 0 Å². The van der Waals surface area contributed by atoms with Crippen LogP contribution < -0.4 is 16.0 Å². The first-order valence-electron chi connectivity index (χ1n) is 10.7. The molecule has 7 nitrogen and oxygen atoms in total. The van der Waals surface area contributed by atoms with Crippen LogP contribution >= 0.6 is 24.0 Å². The molecule has 1 aromatic rings. The molecule has 0 unspecified atom stereocenters. The lowest BCUT2D eigenvalue weighted by atomic mass is 10.1. The summed E-state index contributed by atoms with van der Waals surface area (Å²) in [6, 6.07) is 7.61. The van der Waals surface area contributed by atoms with Gasteiger partial charge in [-0.05, 0) is 30.5 Å². The van der Waals surface area contributed by atoms with E-state index in [1.807, 2.05) is 24.3 Å². The number of amides is 1. The Morgan fingerprint density at radius 2 is 1.53 bits per heavy atom. The summed E-state index contributed by atoms with van der Waals surface area (Å²) in [4.78, 5) is 16.2. The Morgan fingerprint density at radius 3 is 2.17 bits per heavy atom. The van der Waals surface area contributed by atoms with Gasteiger partial charge in [-0.2, -0.15) is 0 Å². The van der Waals surface area contributed by atoms with Crippen LogP contribution in [0.3, 0.4) is 0 Å². The van der Waals surface area contributed by atoms with Gasteiger partial charge in [0.2, 0.25) is 0 Å². The smallest absolute Gasteiger partial charge is 0.251 e. The third kappa shape index (κ3) is 13.8. The van der Waals surface area contributed by atoms with Gasteiger partial charge in [-0.3, -0.25) is 9.79 Å². The molecule has 0 fully saturated rings. The minimum Gasteiger partial charge on any atom is -0.379 e. The van der Waals surface area contributed by atoms with E-state index in [4.69, 9.17) is 9.47 Å². The van der Waals surface area contributed by atoms with Crippen molar-refractivity contribution in [2.24, 2.45) is 4.99 Å². The highest BCUT2D eigenvalue weighted by Gasteiger charge is 2.05. The molecule has 0 spiro atoms. The lowest BCUT2D eigenvalue weighted by Crippen LogP contribution is -2.38. The number of unbranched alkanes of at least 4 members (excludes halogenated alkanes) is 2. The molecule has 0 aliphatic carbocycles. The number of guanidine groups is 1. The number of aliphatic imine (C=N–C) groups is 1. The molecule has 0 aliphatic heterocycles. The maximum atomic E-state index is 12.0. The van der Waals surface area contributed by atoms with Crippen molar-refractivity contribution in [2.75, 3.05) is 46.6 Å². The van der Waals surface area contributed by atoms with E-state index >= 15 is 0 Å². The van der Waals surface area contributed by atoms with Crippen LogP contribution in [0.4, 0.5) is 0 Å². The van der Waals surface area contributed by atoms with Gasteiger partial charge in [0.05, 0.1) is 19.8 Å². The van der Waals surface area contributed by atoms with Crippen molar-refractivity contribution in [2.45, 2.75) is 46.1 Å². The van der Waals surface area contributed by atoms with Gasteiger partial charge in [0.25, 0.3) is 5.91 Å². The first kappa shape index (κ1) is 28.6. The van der Waals surface area contributed by atoms with E-state index in [0.717, 1.165) is 44.4 Å². The zero-order chi connectivity index (χ0) is 21.2. The zero-order valence-electron chi connectivity index (χ0n) is 18.7. The summed E-state index contributed by atoms with van der Waals surface area (Å²) in [7, 11) is 1.74. The number of nitrogens with zero attached hydrogens (tertiary/aromatic N) is 1. The molecule has 0 saturated heterocycles. The average Bonchev–Trinajstić information content (AvgIpc) is 2.75. The number of benzene rings is 1. The largest absolute Gasteiger partial charge is 0.379 e. The summed E-state index contributed by atoms with van der Waals surface area (Å²) in [5, 5.41) is 9.40. The zero-order valence-corrected chi connectivity index (χ0v) is 21.0. The fourth-order valence-corrected chi connectivity index (χ4v) is 2.47. The van der Waals surface area contributed by atoms with Crippen molar-refractivity contribution in [1.29, 1.82) is 0 Å². The SMILES string of the molecule is CCCCNC(=O)c1ccc(CNC(=NC)NCCOCCOCCCC)cc1.I. The van der Waals surface area contributed by atoms with Crippen molar-refractivity contribution in [3.63, 3.8) is 0 Å². The van der Waals surface area contributed by atoms with Crippen LogP contribution in [-0.4, -0.2) is 58.4 Å². The molecule has 30 heavy (non-hydrogen) atoms. The van der Waals surface area contributed by atoms with Gasteiger partial charge < -0.3 is 25.4 Å². The van der Waals surface area contributed by atoms with E-state index in [-0.39, 0.29) is 29.9 Å². The summed E-state index contributed by atoms with van der Waals surface area (Å²) in [5.74, 6) is 0.695. The van der Waals surface area contributed by atoms with Gasteiger partial charge in [0, 0.05) is 38.9 Å². The highest BCUT2D eigenvalue weighted by Crippen LogP contribution is 2.04. The van der Waals surface area contributed by atoms with E-state index in [9.17, 15) is 4.79 Å². The number of rotatable bonds is 15. The number of halogens is 1. The summed E-state index contributed by atoms with van der Waals surface area (Å²) in [5.41, 5.74) is 1.77. The number of ether oxygens (including phenoxy) is 2. The van der Waals surface area contributed by atoms with Gasteiger partial charge in [-0.15, -0.1) is 24.0 Å². The summed E-state index contributed by atoms with van der Waals surface area (Å²) >= 11 is 0. The minimum atomic E-state index is -0.0220. The molecule has 0 bridgehead atoms. The fourth-order valence-electron chi connectivity index (χ4n) is 2.47. The summed E-state index contributed by atoms with van der Waals surface area (Å²) < 4.78 is 11.0. The van der Waals surface area contributed by atoms with Crippen molar-refractivity contribution in [1.82, 2.24) is 16.0 Å². The third-order valence-electron chi connectivity index (χ3n) is 4.27. The predicted molar refractivity (Wildman–Crippen MR) is 134 cm³/mol. The van der Waals surface area contributed by atoms with Gasteiger partial charge in [0.1, 0.15) is 0 Å². The molecule has 1 rings (SSSR count). The Hall–Kier alpha value is -1.39. The van der Waals surface area contributed by atoms with Crippen LogP contribution in [0.25, 0.3) is 0 Å². The van der Waals surface area contributed by atoms with E-state index in [2.05, 4.69) is 34.8 Å². The lowest BCUT2D eigenvalue weighted by Gasteiger charge is -2.12. The predicted octanol–water partition coefficient (Wildman–Crippen LogP) is 3.33. The van der Waals surface area contributed by atoms with Crippen LogP contribution in [0.1, 0.15) is 55.5 Å². The maximum absolute atomic E-state index is 12.0. The second-order valence-electron chi connectivity index (χ2n) is 6.74. The molecule has 3 N–H and O–H groups in total. The van der Waals surface area contributed by atoms with E-state index < -0.39 is 0 Å². The van der Waals surface area contributed by atoms with Crippen LogP contribution in [0.5, 0.6) is 0 Å². The van der Waals surface area contributed by atoms with Crippen LogP contribution in [0.2, 0.25) is 0 Å². The van der Waals surface area contributed by atoms with E-state index in [1.165, 1.54) is 0 Å². The van der Waals surface area contributed by atoms with Crippen LogP contribution in [0, 0.1) is 0 Å². The van der Waals surface area contributed by atoms with Crippen LogP contribution in [-0.2, 0) is 16.0 Å². The molecular weight excluding hydrogens is 495 g/mol. The molecule has 0 aromatic heterocycles. The fraction of sp³-hybridized carbons (Fsp3) is 0.636. The second kappa shape index (κ2) is 19.6. The quantitative estimate of drug-likeness (QED) is 0.139. The van der Waals surface area contributed by atoms with Crippen molar-refractivity contribution in [3.8, 4) is 0 Å². The number of hydrogen-bond acceptors (Lipinski definition) is 4. The molecule has 0 heterocycles. The highest BCUT2D eigenvalue weighted by atomic mass is 127. The first-order chi connectivity index (χ1) is 14.2. The first-order valence-corrected chi connectivity index (χ1v) is 10.7. The third-order valence-corrected chi connectivity index (χ3v) is 4.27. The normalized spacial score (nSPS) is 11.0. The van der Waals surface area contributed by atoms with E-state index in [0.29, 0.717) is 44.4 Å². The topological polar surface area (TPSA) is 84.0 Å². The summed E-state index contributed by atoms with van der Waals surface area (Å²) in [6.45, 7) is 8.92. The Kier molecular flexibility index (Phi) is 18.7. The van der Waals surface area contributed by atoms with Crippen molar-refractivity contribution < 1.29 is 14.3 Å². The van der Waals surface area contributed by atoms with Gasteiger partial charge >= 0.3 is 0 Å². The van der Waals surface area contributed by atoms with E-state index in [1.54, 1.807) is 7.05 Å². The average molecular weight is 534 g/mol. The van der Waals surface area contributed by atoms with Crippen molar-refractivity contribution in [3.05, 3.63) is 35.4 Å². The molecule has 1 amide bonds. The van der Waals surface area contributed by atoms with Crippen LogP contribution in [0.15, 0.2) is 29.3 Å². The molecule has 0 aliphatic rings. The Morgan fingerprint density at radius 1 is 0.867 bits per heavy atom. The molecule has 8 heteroatoms. The Labute approximate surface area is 198 Å². The molecule has 0 radical (unpaired) electrons. The Bertz CT molecular complexity index is 582.